The molecule has 1 saturated carbocycles. The minimum atomic E-state index is -0.449. The minimum Gasteiger partial charge on any atom is -0.444 e. The van der Waals surface area contributed by atoms with E-state index in [9.17, 15) is 4.79 Å². The van der Waals surface area contributed by atoms with Gasteiger partial charge in [0, 0.05) is 25.1 Å². The fourth-order valence-corrected chi connectivity index (χ4v) is 3.39. The van der Waals surface area contributed by atoms with Gasteiger partial charge in [-0.3, -0.25) is 0 Å². The van der Waals surface area contributed by atoms with Gasteiger partial charge in [-0.25, -0.2) is 9.48 Å². The van der Waals surface area contributed by atoms with Crippen molar-refractivity contribution >= 4 is 11.9 Å². The molecule has 23 heavy (non-hydrogen) atoms. The maximum absolute atomic E-state index is 12.0. The van der Waals surface area contributed by atoms with E-state index in [4.69, 9.17) is 15.6 Å². The first-order valence-corrected chi connectivity index (χ1v) is 8.66. The molecular formula is C17H28N4O2. The van der Waals surface area contributed by atoms with E-state index >= 15 is 0 Å². The summed E-state index contributed by atoms with van der Waals surface area (Å²) in [5.41, 5.74) is 6.72. The van der Waals surface area contributed by atoms with Crippen LogP contribution in [0.5, 0.6) is 0 Å². The Morgan fingerprint density at radius 3 is 2.52 bits per heavy atom. The lowest BCUT2D eigenvalue weighted by Gasteiger charge is -2.39. The van der Waals surface area contributed by atoms with Crippen molar-refractivity contribution in [1.29, 1.82) is 0 Å². The van der Waals surface area contributed by atoms with Crippen molar-refractivity contribution in [3.8, 4) is 0 Å². The predicted octanol–water partition coefficient (Wildman–Crippen LogP) is 3.30. The van der Waals surface area contributed by atoms with Crippen molar-refractivity contribution in [2.24, 2.45) is 0 Å². The molecule has 0 aromatic carbocycles. The van der Waals surface area contributed by atoms with E-state index in [1.165, 1.54) is 32.1 Å². The SMILES string of the molecule is CC(C)(C)OC(=O)N1CC(c2cc(N)n(C3CCCCC3)n2)C1. The minimum absolute atomic E-state index is 0.242. The van der Waals surface area contributed by atoms with E-state index in [-0.39, 0.29) is 12.0 Å². The fourth-order valence-electron chi connectivity index (χ4n) is 3.39. The van der Waals surface area contributed by atoms with Gasteiger partial charge in [0.05, 0.1) is 11.7 Å². The molecule has 1 aliphatic carbocycles. The Morgan fingerprint density at radius 2 is 1.91 bits per heavy atom. The highest BCUT2D eigenvalue weighted by molar-refractivity contribution is 5.69. The second-order valence-corrected chi connectivity index (χ2v) is 7.81. The summed E-state index contributed by atoms with van der Waals surface area (Å²) >= 11 is 0. The van der Waals surface area contributed by atoms with Crippen LogP contribution >= 0.6 is 0 Å². The van der Waals surface area contributed by atoms with E-state index in [1.54, 1.807) is 4.90 Å². The second kappa shape index (κ2) is 6.06. The van der Waals surface area contributed by atoms with Gasteiger partial charge in [0.2, 0.25) is 0 Å². The highest BCUT2D eigenvalue weighted by atomic mass is 16.6. The van der Waals surface area contributed by atoms with Crippen LogP contribution < -0.4 is 5.73 Å². The van der Waals surface area contributed by atoms with Crippen LogP contribution in [0.1, 0.15) is 70.5 Å². The van der Waals surface area contributed by atoms with Gasteiger partial charge in [-0.1, -0.05) is 19.3 Å². The van der Waals surface area contributed by atoms with Gasteiger partial charge >= 0.3 is 6.09 Å². The van der Waals surface area contributed by atoms with Gasteiger partial charge < -0.3 is 15.4 Å². The molecule has 128 valence electrons. The number of aromatic nitrogens is 2. The zero-order valence-corrected chi connectivity index (χ0v) is 14.4. The molecule has 1 saturated heterocycles. The first-order valence-electron chi connectivity index (χ1n) is 8.66. The van der Waals surface area contributed by atoms with Gasteiger partial charge in [0.25, 0.3) is 0 Å². The van der Waals surface area contributed by atoms with E-state index in [2.05, 4.69) is 0 Å². The van der Waals surface area contributed by atoms with Crippen molar-refractivity contribution in [2.45, 2.75) is 70.4 Å². The lowest BCUT2D eigenvalue weighted by Crippen LogP contribution is -2.50. The van der Waals surface area contributed by atoms with Crippen LogP contribution in [0.3, 0.4) is 0 Å². The lowest BCUT2D eigenvalue weighted by atomic mass is 9.96. The molecule has 1 aromatic heterocycles. The third-order valence-electron chi connectivity index (χ3n) is 4.66. The predicted molar refractivity (Wildman–Crippen MR) is 89.3 cm³/mol. The molecule has 0 radical (unpaired) electrons. The zero-order chi connectivity index (χ0) is 16.6. The quantitative estimate of drug-likeness (QED) is 0.907. The molecule has 2 N–H and O–H groups in total. The van der Waals surface area contributed by atoms with Crippen molar-refractivity contribution in [2.75, 3.05) is 18.8 Å². The first-order chi connectivity index (χ1) is 10.8. The van der Waals surface area contributed by atoms with Crippen molar-refractivity contribution in [1.82, 2.24) is 14.7 Å². The smallest absolute Gasteiger partial charge is 0.410 e. The highest BCUT2D eigenvalue weighted by Crippen LogP contribution is 2.33. The summed E-state index contributed by atoms with van der Waals surface area (Å²) in [6, 6.07) is 2.42. The number of hydrogen-bond donors (Lipinski definition) is 1. The summed E-state index contributed by atoms with van der Waals surface area (Å²) in [6.07, 6.45) is 5.93. The summed E-state index contributed by atoms with van der Waals surface area (Å²) in [7, 11) is 0. The number of nitrogen functional groups attached to an aromatic ring is 1. The summed E-state index contributed by atoms with van der Waals surface area (Å²) < 4.78 is 7.39. The molecule has 2 heterocycles. The normalized spacial score (nSPS) is 20.4. The molecule has 0 unspecified atom stereocenters. The van der Waals surface area contributed by atoms with Gasteiger partial charge in [-0.05, 0) is 33.6 Å². The summed E-state index contributed by atoms with van der Waals surface area (Å²) in [4.78, 5) is 13.7. The Balaban J connectivity index is 1.59. The molecule has 0 spiro atoms. The first kappa shape index (κ1) is 16.1. The fraction of sp³-hybridized carbons (Fsp3) is 0.765. The number of rotatable bonds is 2. The van der Waals surface area contributed by atoms with Gasteiger partial charge in [-0.15, -0.1) is 0 Å². The number of amides is 1. The average Bonchev–Trinajstić information content (AvgIpc) is 2.77. The van der Waals surface area contributed by atoms with E-state index < -0.39 is 5.60 Å². The molecule has 6 nitrogen and oxygen atoms in total. The molecule has 6 heteroatoms. The molecule has 0 atom stereocenters. The molecule has 2 aliphatic rings. The summed E-state index contributed by atoms with van der Waals surface area (Å²) in [5, 5.41) is 4.74. The Kier molecular flexibility index (Phi) is 4.25. The second-order valence-electron chi connectivity index (χ2n) is 7.81. The largest absolute Gasteiger partial charge is 0.444 e. The number of anilines is 1. The van der Waals surface area contributed by atoms with Crippen molar-refractivity contribution in [3.05, 3.63) is 11.8 Å². The number of nitrogens with zero attached hydrogens (tertiary/aromatic N) is 3. The molecule has 1 amide bonds. The number of likely N-dealkylation sites (tertiary alicyclic amines) is 1. The maximum Gasteiger partial charge on any atom is 0.410 e. The van der Waals surface area contributed by atoms with Crippen LogP contribution in [0.2, 0.25) is 0 Å². The lowest BCUT2D eigenvalue weighted by molar-refractivity contribution is 0.00780. The topological polar surface area (TPSA) is 73.4 Å². The van der Waals surface area contributed by atoms with Crippen LogP contribution in [0, 0.1) is 0 Å². The van der Waals surface area contributed by atoms with Crippen LogP contribution in [0.25, 0.3) is 0 Å². The molecule has 3 rings (SSSR count). The Bertz CT molecular complexity index is 564. The van der Waals surface area contributed by atoms with Gasteiger partial charge in [0.15, 0.2) is 0 Å². The number of ether oxygens (including phenoxy) is 1. The highest BCUT2D eigenvalue weighted by Gasteiger charge is 2.36. The maximum atomic E-state index is 12.0. The van der Waals surface area contributed by atoms with Gasteiger partial charge in [-0.2, -0.15) is 5.10 Å². The molecule has 1 aliphatic heterocycles. The monoisotopic (exact) mass is 320 g/mol. The summed E-state index contributed by atoms with van der Waals surface area (Å²) in [6.45, 7) is 6.98. The number of hydrogen-bond acceptors (Lipinski definition) is 4. The van der Waals surface area contributed by atoms with Crippen LogP contribution in [0.15, 0.2) is 6.07 Å². The molecule has 2 fully saturated rings. The van der Waals surface area contributed by atoms with Crippen LogP contribution in [-0.2, 0) is 4.74 Å². The van der Waals surface area contributed by atoms with Crippen molar-refractivity contribution < 1.29 is 9.53 Å². The molecular weight excluding hydrogens is 292 g/mol. The number of nitrogens with two attached hydrogens (primary N) is 1. The third-order valence-corrected chi connectivity index (χ3v) is 4.66. The zero-order valence-electron chi connectivity index (χ0n) is 14.4. The average molecular weight is 320 g/mol. The molecule has 0 bridgehead atoms. The van der Waals surface area contributed by atoms with E-state index in [0.29, 0.717) is 19.1 Å². The number of carbonyl (C=O) groups is 1. The molecule has 1 aromatic rings. The Hall–Kier alpha value is -1.72. The van der Waals surface area contributed by atoms with Crippen LogP contribution in [-0.4, -0.2) is 39.5 Å². The number of carbonyl (C=O) groups excluding carboxylic acids is 1. The van der Waals surface area contributed by atoms with E-state index in [1.807, 2.05) is 31.5 Å². The van der Waals surface area contributed by atoms with Crippen LogP contribution in [0.4, 0.5) is 10.6 Å². The Labute approximate surface area is 138 Å². The van der Waals surface area contributed by atoms with E-state index in [0.717, 1.165) is 11.5 Å². The van der Waals surface area contributed by atoms with Gasteiger partial charge in [0.1, 0.15) is 11.4 Å². The third kappa shape index (κ3) is 3.62. The standard InChI is InChI=1S/C17H28N4O2/c1-17(2,3)23-16(22)20-10-12(11-20)14-9-15(18)21(19-14)13-7-5-4-6-8-13/h9,12-13H,4-8,10-11,18H2,1-3H3. The summed E-state index contributed by atoms with van der Waals surface area (Å²) in [5.74, 6) is 1.03. The Morgan fingerprint density at radius 1 is 1.26 bits per heavy atom. The van der Waals surface area contributed by atoms with Crippen molar-refractivity contribution in [3.63, 3.8) is 0 Å².